The maximum Gasteiger partial charge on any atom is 0.305 e. The van der Waals surface area contributed by atoms with E-state index in [1.165, 1.54) is 4.90 Å². The molecule has 0 aliphatic carbocycles. The number of aliphatic hydroxyl groups excluding tert-OH is 1. The summed E-state index contributed by atoms with van der Waals surface area (Å²) in [7, 11) is 0. The molecule has 1 rings (SSSR count). The van der Waals surface area contributed by atoms with Crippen LogP contribution in [0.25, 0.3) is 0 Å². The van der Waals surface area contributed by atoms with Crippen LogP contribution in [0.1, 0.15) is 12.8 Å². The van der Waals surface area contributed by atoms with Gasteiger partial charge in [-0.25, -0.2) is 0 Å². The van der Waals surface area contributed by atoms with Crippen molar-refractivity contribution in [3.8, 4) is 5.75 Å². The van der Waals surface area contributed by atoms with E-state index in [1.54, 1.807) is 24.3 Å². The minimum Gasteiger partial charge on any atom is -0.484 e. The van der Waals surface area contributed by atoms with Gasteiger partial charge in [0.1, 0.15) is 5.75 Å². The highest BCUT2D eigenvalue weighted by molar-refractivity contribution is 5.78. The summed E-state index contributed by atoms with van der Waals surface area (Å²) >= 11 is 0. The molecule has 0 aliphatic heterocycles. The Kier molecular flexibility index (Phi) is 7.13. The molecule has 0 saturated carbocycles. The summed E-state index contributed by atoms with van der Waals surface area (Å²) in [6, 6.07) is 8.92. The molecule has 0 saturated heterocycles. The largest absolute Gasteiger partial charge is 0.484 e. The molecule has 6 heteroatoms. The van der Waals surface area contributed by atoms with Gasteiger partial charge >= 0.3 is 5.97 Å². The van der Waals surface area contributed by atoms with Crippen molar-refractivity contribution in [3.05, 3.63) is 30.3 Å². The molecular formula is C14H19NO5. The summed E-state index contributed by atoms with van der Waals surface area (Å²) in [6.07, 6.45) is 0.291. The zero-order valence-corrected chi connectivity index (χ0v) is 11.2. The summed E-state index contributed by atoms with van der Waals surface area (Å²) < 4.78 is 5.33. The van der Waals surface area contributed by atoms with E-state index in [2.05, 4.69) is 0 Å². The van der Waals surface area contributed by atoms with Crippen LogP contribution in [-0.4, -0.2) is 53.3 Å². The third-order valence-electron chi connectivity index (χ3n) is 2.64. The van der Waals surface area contributed by atoms with E-state index in [1.807, 2.05) is 6.07 Å². The predicted molar refractivity (Wildman–Crippen MR) is 72.5 cm³/mol. The van der Waals surface area contributed by atoms with Gasteiger partial charge in [0.25, 0.3) is 5.91 Å². The van der Waals surface area contributed by atoms with Crippen molar-refractivity contribution >= 4 is 11.9 Å². The molecule has 0 spiro atoms. The summed E-state index contributed by atoms with van der Waals surface area (Å²) in [5, 5.41) is 17.5. The molecule has 0 aromatic heterocycles. The van der Waals surface area contributed by atoms with E-state index in [0.29, 0.717) is 18.7 Å². The molecule has 0 heterocycles. The molecule has 0 unspecified atom stereocenters. The number of carboxylic acid groups (broad SMARTS) is 1. The highest BCUT2D eigenvalue weighted by Crippen LogP contribution is 2.08. The second kappa shape index (κ2) is 8.92. The maximum absolute atomic E-state index is 12.0. The van der Waals surface area contributed by atoms with Gasteiger partial charge in [0.15, 0.2) is 6.61 Å². The summed E-state index contributed by atoms with van der Waals surface area (Å²) in [4.78, 5) is 23.9. The SMILES string of the molecule is O=C(O)CCN(CCCO)C(=O)COc1ccccc1. The highest BCUT2D eigenvalue weighted by Gasteiger charge is 2.15. The number of rotatable bonds is 9. The Labute approximate surface area is 117 Å². The van der Waals surface area contributed by atoms with Crippen LogP contribution in [0.5, 0.6) is 5.75 Å². The van der Waals surface area contributed by atoms with E-state index in [4.69, 9.17) is 14.9 Å². The van der Waals surface area contributed by atoms with Crippen LogP contribution in [-0.2, 0) is 9.59 Å². The number of aliphatic hydroxyl groups is 1. The van der Waals surface area contributed by atoms with Gasteiger partial charge in [-0.15, -0.1) is 0 Å². The van der Waals surface area contributed by atoms with E-state index < -0.39 is 5.97 Å². The minimum absolute atomic E-state index is 0.0452. The number of hydrogen-bond acceptors (Lipinski definition) is 4. The van der Waals surface area contributed by atoms with Crippen molar-refractivity contribution in [1.82, 2.24) is 4.90 Å². The molecule has 6 nitrogen and oxygen atoms in total. The van der Waals surface area contributed by atoms with Crippen molar-refractivity contribution in [2.24, 2.45) is 0 Å². The normalized spacial score (nSPS) is 10.1. The van der Waals surface area contributed by atoms with Gasteiger partial charge < -0.3 is 19.8 Å². The number of ether oxygens (including phenoxy) is 1. The predicted octanol–water partition coefficient (Wildman–Crippen LogP) is 0.751. The van der Waals surface area contributed by atoms with E-state index in [9.17, 15) is 9.59 Å². The molecule has 1 aromatic carbocycles. The van der Waals surface area contributed by atoms with Crippen molar-refractivity contribution in [2.75, 3.05) is 26.3 Å². The van der Waals surface area contributed by atoms with Gasteiger partial charge in [-0.1, -0.05) is 18.2 Å². The first-order chi connectivity index (χ1) is 9.63. The number of amides is 1. The Balaban J connectivity index is 2.46. The number of carboxylic acids is 1. The highest BCUT2D eigenvalue weighted by atomic mass is 16.5. The third-order valence-corrected chi connectivity index (χ3v) is 2.64. The van der Waals surface area contributed by atoms with Gasteiger partial charge in [-0.3, -0.25) is 9.59 Å². The first kappa shape index (κ1) is 16.0. The Morgan fingerprint density at radius 3 is 2.45 bits per heavy atom. The Morgan fingerprint density at radius 2 is 1.85 bits per heavy atom. The van der Waals surface area contributed by atoms with E-state index >= 15 is 0 Å². The first-order valence-electron chi connectivity index (χ1n) is 6.41. The minimum atomic E-state index is -0.962. The molecule has 0 bridgehead atoms. The Bertz CT molecular complexity index is 421. The molecule has 2 N–H and O–H groups in total. The van der Waals surface area contributed by atoms with Crippen LogP contribution >= 0.6 is 0 Å². The second-order valence-corrected chi connectivity index (χ2v) is 4.20. The zero-order valence-electron chi connectivity index (χ0n) is 11.2. The van der Waals surface area contributed by atoms with Crippen LogP contribution < -0.4 is 4.74 Å². The summed E-state index contributed by atoms with van der Waals surface area (Å²) in [5.74, 6) is -0.666. The third kappa shape index (κ3) is 6.19. The molecule has 110 valence electrons. The van der Waals surface area contributed by atoms with Crippen molar-refractivity contribution in [1.29, 1.82) is 0 Å². The van der Waals surface area contributed by atoms with Crippen molar-refractivity contribution < 1.29 is 24.5 Å². The quantitative estimate of drug-likeness (QED) is 0.697. The number of carbonyl (C=O) groups excluding carboxylic acids is 1. The monoisotopic (exact) mass is 281 g/mol. The van der Waals surface area contributed by atoms with Gasteiger partial charge in [-0.05, 0) is 18.6 Å². The molecular weight excluding hydrogens is 262 g/mol. The number of hydrogen-bond donors (Lipinski definition) is 2. The molecule has 0 radical (unpaired) electrons. The molecule has 0 fully saturated rings. The number of carbonyl (C=O) groups is 2. The lowest BCUT2D eigenvalue weighted by Gasteiger charge is -2.21. The van der Waals surface area contributed by atoms with E-state index in [0.717, 1.165) is 0 Å². The van der Waals surface area contributed by atoms with Crippen LogP contribution in [0.2, 0.25) is 0 Å². The lowest BCUT2D eigenvalue weighted by atomic mass is 10.3. The Morgan fingerprint density at radius 1 is 1.15 bits per heavy atom. The molecule has 1 amide bonds. The fourth-order valence-corrected chi connectivity index (χ4v) is 1.61. The maximum atomic E-state index is 12.0. The standard InChI is InChI=1S/C14H19NO5/c16-10-4-8-15(9-7-14(18)19)13(17)11-20-12-5-2-1-3-6-12/h1-3,5-6,16H,4,7-11H2,(H,18,19). The lowest BCUT2D eigenvalue weighted by molar-refractivity contribution is -0.139. The van der Waals surface area contributed by atoms with Gasteiger partial charge in [0.2, 0.25) is 0 Å². The van der Waals surface area contributed by atoms with Crippen LogP contribution in [0.3, 0.4) is 0 Å². The Hall–Kier alpha value is -2.08. The number of para-hydroxylation sites is 1. The fraction of sp³-hybridized carbons (Fsp3) is 0.429. The smallest absolute Gasteiger partial charge is 0.305 e. The first-order valence-corrected chi connectivity index (χ1v) is 6.41. The van der Waals surface area contributed by atoms with Crippen LogP contribution in [0, 0.1) is 0 Å². The molecule has 20 heavy (non-hydrogen) atoms. The average Bonchev–Trinajstić information content (AvgIpc) is 2.45. The number of benzene rings is 1. The van der Waals surface area contributed by atoms with Gasteiger partial charge in [0.05, 0.1) is 6.42 Å². The van der Waals surface area contributed by atoms with Crippen LogP contribution in [0.15, 0.2) is 30.3 Å². The number of nitrogens with zero attached hydrogens (tertiary/aromatic N) is 1. The lowest BCUT2D eigenvalue weighted by Crippen LogP contribution is -2.37. The topological polar surface area (TPSA) is 87.1 Å². The molecule has 1 aromatic rings. The van der Waals surface area contributed by atoms with Crippen molar-refractivity contribution in [3.63, 3.8) is 0 Å². The van der Waals surface area contributed by atoms with Crippen LogP contribution in [0.4, 0.5) is 0 Å². The van der Waals surface area contributed by atoms with Gasteiger partial charge in [0, 0.05) is 19.7 Å². The zero-order chi connectivity index (χ0) is 14.8. The van der Waals surface area contributed by atoms with E-state index in [-0.39, 0.29) is 32.1 Å². The van der Waals surface area contributed by atoms with Crippen molar-refractivity contribution in [2.45, 2.75) is 12.8 Å². The summed E-state index contributed by atoms with van der Waals surface area (Å²) in [5.41, 5.74) is 0. The second-order valence-electron chi connectivity index (χ2n) is 4.20. The summed E-state index contributed by atoms with van der Waals surface area (Å²) in [6.45, 7) is 0.249. The number of aliphatic carboxylic acids is 1. The fourth-order valence-electron chi connectivity index (χ4n) is 1.61. The average molecular weight is 281 g/mol. The molecule has 0 atom stereocenters. The van der Waals surface area contributed by atoms with Gasteiger partial charge in [-0.2, -0.15) is 0 Å². The molecule has 0 aliphatic rings.